The van der Waals surface area contributed by atoms with Gasteiger partial charge in [-0.2, -0.15) is 0 Å². The van der Waals surface area contributed by atoms with Crippen molar-refractivity contribution in [1.29, 1.82) is 0 Å². The summed E-state index contributed by atoms with van der Waals surface area (Å²) < 4.78 is 16.3. The first kappa shape index (κ1) is 14.3. The Morgan fingerprint density at radius 2 is 2.06 bits per heavy atom. The van der Waals surface area contributed by atoms with Gasteiger partial charge in [0.15, 0.2) is 5.79 Å². The summed E-state index contributed by atoms with van der Waals surface area (Å²) in [5, 5.41) is 2.74. The summed E-state index contributed by atoms with van der Waals surface area (Å²) >= 11 is 0. The lowest BCUT2D eigenvalue weighted by Gasteiger charge is -2.24. The van der Waals surface area contributed by atoms with Crippen LogP contribution in [0.25, 0.3) is 0 Å². The van der Waals surface area contributed by atoms with Crippen LogP contribution in [-0.2, 0) is 14.2 Å². The minimum absolute atomic E-state index is 0.212. The van der Waals surface area contributed by atoms with Crippen LogP contribution in [0.5, 0.6) is 0 Å². The highest BCUT2D eigenvalue weighted by molar-refractivity contribution is 5.68. The first-order chi connectivity index (χ1) is 7.59. The molecule has 17 heavy (non-hydrogen) atoms. The average molecular weight is 245 g/mol. The summed E-state index contributed by atoms with van der Waals surface area (Å²) in [4.78, 5) is 11.6. The summed E-state index contributed by atoms with van der Waals surface area (Å²) in [7, 11) is 0. The van der Waals surface area contributed by atoms with Crippen molar-refractivity contribution >= 4 is 6.09 Å². The van der Waals surface area contributed by atoms with Gasteiger partial charge < -0.3 is 19.5 Å². The molecule has 1 amide bonds. The van der Waals surface area contributed by atoms with E-state index in [4.69, 9.17) is 14.2 Å². The van der Waals surface area contributed by atoms with Crippen LogP contribution in [0.4, 0.5) is 4.79 Å². The molecule has 1 N–H and O–H groups in total. The maximum Gasteiger partial charge on any atom is 0.407 e. The molecule has 0 aromatic carbocycles. The van der Waals surface area contributed by atoms with Crippen LogP contribution in [-0.4, -0.2) is 36.2 Å². The van der Waals surface area contributed by atoms with Crippen molar-refractivity contribution in [3.05, 3.63) is 0 Å². The minimum Gasteiger partial charge on any atom is -0.444 e. The average Bonchev–Trinajstić information content (AvgIpc) is 2.42. The van der Waals surface area contributed by atoms with E-state index in [1.807, 2.05) is 34.6 Å². The second kappa shape index (κ2) is 4.82. The first-order valence-corrected chi connectivity index (χ1v) is 5.90. The minimum atomic E-state index is -0.594. The third-order valence-corrected chi connectivity index (χ3v) is 2.32. The predicted molar refractivity (Wildman–Crippen MR) is 63.7 cm³/mol. The number of hydrogen-bond donors (Lipinski definition) is 1. The third-order valence-electron chi connectivity index (χ3n) is 2.32. The van der Waals surface area contributed by atoms with Crippen molar-refractivity contribution in [2.24, 2.45) is 0 Å². The molecule has 1 saturated heterocycles. The second-order valence-electron chi connectivity index (χ2n) is 5.85. The van der Waals surface area contributed by atoms with Crippen molar-refractivity contribution in [2.45, 2.75) is 65.1 Å². The van der Waals surface area contributed by atoms with E-state index >= 15 is 0 Å². The lowest BCUT2D eigenvalue weighted by molar-refractivity contribution is -0.149. The topological polar surface area (TPSA) is 56.8 Å². The van der Waals surface area contributed by atoms with Gasteiger partial charge in [-0.1, -0.05) is 0 Å². The van der Waals surface area contributed by atoms with E-state index in [0.717, 1.165) is 0 Å². The second-order valence-corrected chi connectivity index (χ2v) is 5.85. The third kappa shape index (κ3) is 4.91. The van der Waals surface area contributed by atoms with E-state index in [1.54, 1.807) is 6.92 Å². The van der Waals surface area contributed by atoms with Gasteiger partial charge in [-0.15, -0.1) is 0 Å². The zero-order valence-corrected chi connectivity index (χ0v) is 11.5. The number of rotatable bonds is 2. The van der Waals surface area contributed by atoms with Gasteiger partial charge in [-0.05, 0) is 41.5 Å². The van der Waals surface area contributed by atoms with Crippen LogP contribution in [0.3, 0.4) is 0 Å². The molecule has 5 heteroatoms. The highest BCUT2D eigenvalue weighted by Crippen LogP contribution is 2.25. The molecule has 1 fully saturated rings. The molecule has 5 nitrogen and oxygen atoms in total. The van der Waals surface area contributed by atoms with Crippen molar-refractivity contribution in [3.8, 4) is 0 Å². The quantitative estimate of drug-likeness (QED) is 0.809. The number of alkyl carbamates (subject to hydrolysis) is 1. The molecule has 1 aliphatic rings. The van der Waals surface area contributed by atoms with Crippen molar-refractivity contribution < 1.29 is 19.0 Å². The van der Waals surface area contributed by atoms with Crippen LogP contribution < -0.4 is 5.32 Å². The molecule has 1 aliphatic heterocycles. The molecule has 0 spiro atoms. The smallest absolute Gasteiger partial charge is 0.407 e. The Bertz CT molecular complexity index is 283. The van der Waals surface area contributed by atoms with Crippen LogP contribution in [0, 0.1) is 0 Å². The Hall–Kier alpha value is -0.810. The maximum atomic E-state index is 11.6. The lowest BCUT2D eigenvalue weighted by Crippen LogP contribution is -2.44. The summed E-state index contributed by atoms with van der Waals surface area (Å²) in [6.45, 7) is 11.6. The number of ether oxygens (including phenoxy) is 3. The number of hydrogen-bond acceptors (Lipinski definition) is 4. The van der Waals surface area contributed by atoms with E-state index in [2.05, 4.69) is 5.32 Å². The SMILES string of the molecule is C[C@@H](OC(=O)NC(C)(C)C)[C@H]1COC(C)(C)O1. The summed E-state index contributed by atoms with van der Waals surface area (Å²) in [6.07, 6.45) is -0.979. The summed E-state index contributed by atoms with van der Waals surface area (Å²) in [5.41, 5.74) is -0.302. The van der Waals surface area contributed by atoms with Crippen LogP contribution in [0.15, 0.2) is 0 Å². The molecule has 2 atom stereocenters. The predicted octanol–water partition coefficient (Wildman–Crippen LogP) is 2.05. The number of amides is 1. The Morgan fingerprint density at radius 3 is 2.47 bits per heavy atom. The number of nitrogens with one attached hydrogen (secondary N) is 1. The molecular weight excluding hydrogens is 222 g/mol. The molecule has 0 bridgehead atoms. The van der Waals surface area contributed by atoms with Gasteiger partial charge in [-0.3, -0.25) is 0 Å². The fraction of sp³-hybridized carbons (Fsp3) is 0.917. The highest BCUT2D eigenvalue weighted by Gasteiger charge is 2.37. The van der Waals surface area contributed by atoms with Gasteiger partial charge in [0, 0.05) is 5.54 Å². The molecule has 0 radical (unpaired) electrons. The van der Waals surface area contributed by atoms with E-state index in [9.17, 15) is 4.79 Å². The monoisotopic (exact) mass is 245 g/mol. The highest BCUT2D eigenvalue weighted by atomic mass is 16.8. The number of carbonyl (C=O) groups excluding carboxylic acids is 1. The molecule has 0 unspecified atom stereocenters. The summed E-state index contributed by atoms with van der Waals surface area (Å²) in [5.74, 6) is -0.594. The Morgan fingerprint density at radius 1 is 1.47 bits per heavy atom. The van der Waals surface area contributed by atoms with Gasteiger partial charge in [-0.25, -0.2) is 4.79 Å². The molecule has 0 aromatic rings. The molecule has 0 saturated carbocycles. The lowest BCUT2D eigenvalue weighted by atomic mass is 10.1. The first-order valence-electron chi connectivity index (χ1n) is 5.90. The van der Waals surface area contributed by atoms with E-state index in [0.29, 0.717) is 6.61 Å². The van der Waals surface area contributed by atoms with Gasteiger partial charge in [0.25, 0.3) is 0 Å². The van der Waals surface area contributed by atoms with Crippen molar-refractivity contribution in [3.63, 3.8) is 0 Å². The zero-order valence-electron chi connectivity index (χ0n) is 11.5. The molecular formula is C12H23NO4. The fourth-order valence-corrected chi connectivity index (χ4v) is 1.53. The van der Waals surface area contributed by atoms with Crippen LogP contribution in [0.1, 0.15) is 41.5 Å². The molecule has 0 aromatic heterocycles. The van der Waals surface area contributed by atoms with Gasteiger partial charge in [0.2, 0.25) is 0 Å². The van der Waals surface area contributed by atoms with Crippen LogP contribution >= 0.6 is 0 Å². The standard InChI is InChI=1S/C12H23NO4/c1-8(9-7-15-12(5,6)17-9)16-10(14)13-11(2,3)4/h8-9H,7H2,1-6H3,(H,13,14)/t8-,9-/m1/s1. The van der Waals surface area contributed by atoms with E-state index < -0.39 is 11.9 Å². The molecule has 1 rings (SSSR count). The maximum absolute atomic E-state index is 11.6. The Kier molecular flexibility index (Phi) is 4.04. The van der Waals surface area contributed by atoms with Gasteiger partial charge in [0.1, 0.15) is 12.2 Å². The molecule has 1 heterocycles. The van der Waals surface area contributed by atoms with Gasteiger partial charge in [0.05, 0.1) is 6.61 Å². The largest absolute Gasteiger partial charge is 0.444 e. The Balaban J connectivity index is 2.40. The van der Waals surface area contributed by atoms with Crippen molar-refractivity contribution in [2.75, 3.05) is 6.61 Å². The summed E-state index contributed by atoms with van der Waals surface area (Å²) in [6, 6.07) is 0. The van der Waals surface area contributed by atoms with Crippen LogP contribution in [0.2, 0.25) is 0 Å². The zero-order chi connectivity index (χ0) is 13.3. The van der Waals surface area contributed by atoms with E-state index in [-0.39, 0.29) is 17.7 Å². The fourth-order valence-electron chi connectivity index (χ4n) is 1.53. The normalized spacial score (nSPS) is 25.4. The Labute approximate surface area is 103 Å². The van der Waals surface area contributed by atoms with Crippen molar-refractivity contribution in [1.82, 2.24) is 5.32 Å². The van der Waals surface area contributed by atoms with E-state index in [1.165, 1.54) is 0 Å². The molecule has 100 valence electrons. The number of carbonyl (C=O) groups is 1. The molecule has 0 aliphatic carbocycles. The van der Waals surface area contributed by atoms with Gasteiger partial charge >= 0.3 is 6.09 Å².